The monoisotopic (exact) mass is 183 g/mol. The molecule has 0 aromatic rings. The van der Waals surface area contributed by atoms with Gasteiger partial charge in [-0.05, 0) is 32.7 Å². The predicted octanol–water partition coefficient (Wildman–Crippen LogP) is 1.94. The topological polar surface area (TPSA) is 21.3 Å². The molecular weight excluding hydrogens is 162 g/mol. The molecule has 0 amide bonds. The molecule has 2 fully saturated rings. The maximum absolute atomic E-state index is 5.62. The van der Waals surface area contributed by atoms with Gasteiger partial charge in [0.1, 0.15) is 0 Å². The largest absolute Gasteiger partial charge is 0.378 e. The Labute approximate surface area is 81.0 Å². The highest BCUT2D eigenvalue weighted by molar-refractivity contribution is 4.83. The minimum absolute atomic E-state index is 0.495. The normalized spacial score (nSPS) is 41.8. The lowest BCUT2D eigenvalue weighted by Crippen LogP contribution is -2.35. The highest BCUT2D eigenvalue weighted by Crippen LogP contribution is 2.26. The van der Waals surface area contributed by atoms with Crippen LogP contribution in [0.3, 0.4) is 0 Å². The fourth-order valence-corrected chi connectivity index (χ4v) is 2.59. The first-order chi connectivity index (χ1) is 6.36. The van der Waals surface area contributed by atoms with Gasteiger partial charge in [0.05, 0.1) is 12.7 Å². The smallest absolute Gasteiger partial charge is 0.0551 e. The summed E-state index contributed by atoms with van der Waals surface area (Å²) >= 11 is 0. The van der Waals surface area contributed by atoms with E-state index in [4.69, 9.17) is 4.74 Å². The SMILES string of the molecule is CC1CC(C2CCCCCN2)CO1. The molecule has 13 heavy (non-hydrogen) atoms. The molecule has 0 aromatic carbocycles. The lowest BCUT2D eigenvalue weighted by molar-refractivity contribution is 0.116. The van der Waals surface area contributed by atoms with Crippen molar-refractivity contribution in [2.24, 2.45) is 5.92 Å². The second-order valence-electron chi connectivity index (χ2n) is 4.55. The molecule has 2 nitrogen and oxygen atoms in total. The Morgan fingerprint density at radius 1 is 1.23 bits per heavy atom. The van der Waals surface area contributed by atoms with Crippen LogP contribution in [0.5, 0.6) is 0 Å². The predicted molar refractivity (Wildman–Crippen MR) is 53.8 cm³/mol. The van der Waals surface area contributed by atoms with Gasteiger partial charge in [-0.1, -0.05) is 12.8 Å². The molecule has 0 spiro atoms. The summed E-state index contributed by atoms with van der Waals surface area (Å²) in [5, 5.41) is 3.66. The van der Waals surface area contributed by atoms with Gasteiger partial charge in [0, 0.05) is 12.0 Å². The highest BCUT2D eigenvalue weighted by Gasteiger charge is 2.29. The van der Waals surface area contributed by atoms with Crippen molar-refractivity contribution in [1.82, 2.24) is 5.32 Å². The van der Waals surface area contributed by atoms with Gasteiger partial charge in [-0.25, -0.2) is 0 Å². The van der Waals surface area contributed by atoms with Gasteiger partial charge in [-0.3, -0.25) is 0 Å². The molecular formula is C11H21NO. The summed E-state index contributed by atoms with van der Waals surface area (Å²) < 4.78 is 5.62. The standard InChI is InChI=1S/C11H21NO/c1-9-7-10(8-13-9)11-5-3-2-4-6-12-11/h9-12H,2-8H2,1H3. The number of hydrogen-bond donors (Lipinski definition) is 1. The summed E-state index contributed by atoms with van der Waals surface area (Å²) in [7, 11) is 0. The molecule has 2 heteroatoms. The molecule has 2 heterocycles. The van der Waals surface area contributed by atoms with E-state index in [-0.39, 0.29) is 0 Å². The van der Waals surface area contributed by atoms with E-state index in [0.717, 1.165) is 18.6 Å². The van der Waals surface area contributed by atoms with Crippen molar-refractivity contribution < 1.29 is 4.74 Å². The van der Waals surface area contributed by atoms with E-state index >= 15 is 0 Å². The van der Waals surface area contributed by atoms with Crippen LogP contribution in [0.1, 0.15) is 39.0 Å². The van der Waals surface area contributed by atoms with Gasteiger partial charge in [0.2, 0.25) is 0 Å². The van der Waals surface area contributed by atoms with Crippen LogP contribution in [0.2, 0.25) is 0 Å². The van der Waals surface area contributed by atoms with Crippen molar-refractivity contribution in [2.45, 2.75) is 51.2 Å². The summed E-state index contributed by atoms with van der Waals surface area (Å²) in [6.07, 6.45) is 7.29. The van der Waals surface area contributed by atoms with Crippen molar-refractivity contribution in [1.29, 1.82) is 0 Å². The number of nitrogens with one attached hydrogen (secondary N) is 1. The Hall–Kier alpha value is -0.0800. The van der Waals surface area contributed by atoms with Gasteiger partial charge < -0.3 is 10.1 Å². The van der Waals surface area contributed by atoms with E-state index in [1.54, 1.807) is 0 Å². The second kappa shape index (κ2) is 4.43. The summed E-state index contributed by atoms with van der Waals surface area (Å²) in [5.74, 6) is 0.785. The third-order valence-corrected chi connectivity index (χ3v) is 3.40. The maximum Gasteiger partial charge on any atom is 0.0551 e. The molecule has 0 bridgehead atoms. The van der Waals surface area contributed by atoms with Gasteiger partial charge in [0.25, 0.3) is 0 Å². The van der Waals surface area contributed by atoms with Crippen LogP contribution in [0.4, 0.5) is 0 Å². The van der Waals surface area contributed by atoms with Crippen molar-refractivity contribution in [3.63, 3.8) is 0 Å². The van der Waals surface area contributed by atoms with E-state index in [2.05, 4.69) is 12.2 Å². The van der Waals surface area contributed by atoms with Crippen molar-refractivity contribution >= 4 is 0 Å². The zero-order valence-electron chi connectivity index (χ0n) is 8.59. The molecule has 0 radical (unpaired) electrons. The Morgan fingerprint density at radius 2 is 2.15 bits per heavy atom. The van der Waals surface area contributed by atoms with E-state index < -0.39 is 0 Å². The van der Waals surface area contributed by atoms with Gasteiger partial charge in [-0.15, -0.1) is 0 Å². The Balaban J connectivity index is 1.84. The molecule has 1 N–H and O–H groups in total. The van der Waals surface area contributed by atoms with E-state index in [9.17, 15) is 0 Å². The number of hydrogen-bond acceptors (Lipinski definition) is 2. The Bertz CT molecular complexity index is 152. The molecule has 2 rings (SSSR count). The van der Waals surface area contributed by atoms with Crippen LogP contribution < -0.4 is 5.32 Å². The fourth-order valence-electron chi connectivity index (χ4n) is 2.59. The third-order valence-electron chi connectivity index (χ3n) is 3.40. The molecule has 2 aliphatic heterocycles. The molecule has 3 unspecified atom stereocenters. The quantitative estimate of drug-likeness (QED) is 0.671. The number of rotatable bonds is 1. The number of ether oxygens (including phenoxy) is 1. The van der Waals surface area contributed by atoms with E-state index in [1.807, 2.05) is 0 Å². The van der Waals surface area contributed by atoms with Crippen LogP contribution in [0.15, 0.2) is 0 Å². The average molecular weight is 183 g/mol. The molecule has 2 saturated heterocycles. The molecule has 0 aromatic heterocycles. The highest BCUT2D eigenvalue weighted by atomic mass is 16.5. The zero-order valence-corrected chi connectivity index (χ0v) is 8.59. The van der Waals surface area contributed by atoms with Crippen LogP contribution in [-0.4, -0.2) is 25.3 Å². The molecule has 76 valence electrons. The van der Waals surface area contributed by atoms with Gasteiger partial charge in [0.15, 0.2) is 0 Å². The molecule has 2 aliphatic rings. The first-order valence-corrected chi connectivity index (χ1v) is 5.71. The van der Waals surface area contributed by atoms with Crippen LogP contribution in [-0.2, 0) is 4.74 Å². The lowest BCUT2D eigenvalue weighted by atomic mass is 9.93. The van der Waals surface area contributed by atoms with Crippen LogP contribution in [0.25, 0.3) is 0 Å². The van der Waals surface area contributed by atoms with Crippen LogP contribution >= 0.6 is 0 Å². The average Bonchev–Trinajstić information content (AvgIpc) is 2.43. The summed E-state index contributed by atoms with van der Waals surface area (Å²) in [6, 6.07) is 0.743. The Morgan fingerprint density at radius 3 is 2.92 bits per heavy atom. The van der Waals surface area contributed by atoms with Crippen molar-refractivity contribution in [2.75, 3.05) is 13.2 Å². The maximum atomic E-state index is 5.62. The Kier molecular flexibility index (Phi) is 3.23. The zero-order chi connectivity index (χ0) is 9.10. The second-order valence-corrected chi connectivity index (χ2v) is 4.55. The summed E-state index contributed by atoms with van der Waals surface area (Å²) in [5.41, 5.74) is 0. The molecule has 3 atom stereocenters. The van der Waals surface area contributed by atoms with Crippen molar-refractivity contribution in [3.8, 4) is 0 Å². The molecule has 0 aliphatic carbocycles. The van der Waals surface area contributed by atoms with E-state index in [1.165, 1.54) is 38.6 Å². The fraction of sp³-hybridized carbons (Fsp3) is 1.00. The van der Waals surface area contributed by atoms with Gasteiger partial charge in [-0.2, -0.15) is 0 Å². The van der Waals surface area contributed by atoms with Crippen LogP contribution in [0, 0.1) is 5.92 Å². The minimum atomic E-state index is 0.495. The molecule has 0 saturated carbocycles. The third kappa shape index (κ3) is 2.44. The van der Waals surface area contributed by atoms with E-state index in [0.29, 0.717) is 6.10 Å². The lowest BCUT2D eigenvalue weighted by Gasteiger charge is -2.21. The van der Waals surface area contributed by atoms with Crippen molar-refractivity contribution in [3.05, 3.63) is 0 Å². The first-order valence-electron chi connectivity index (χ1n) is 5.71. The minimum Gasteiger partial charge on any atom is -0.378 e. The summed E-state index contributed by atoms with van der Waals surface area (Å²) in [4.78, 5) is 0. The first kappa shape index (κ1) is 9.47. The summed E-state index contributed by atoms with van der Waals surface area (Å²) in [6.45, 7) is 4.39. The van der Waals surface area contributed by atoms with Gasteiger partial charge >= 0.3 is 0 Å².